The number of rotatable bonds is 3. The summed E-state index contributed by atoms with van der Waals surface area (Å²) in [6, 6.07) is -0.816. The lowest BCUT2D eigenvalue weighted by atomic mass is 10.4. The van der Waals surface area contributed by atoms with Crippen LogP contribution in [0.25, 0.3) is 0 Å². The van der Waals surface area contributed by atoms with Gasteiger partial charge in [0.2, 0.25) is 5.78 Å². The molecular weight excluding hydrogens is 198 g/mol. The van der Waals surface area contributed by atoms with Crippen molar-refractivity contribution >= 4 is 30.4 Å². The average Bonchev–Trinajstić information content (AvgIpc) is 2.03. The van der Waals surface area contributed by atoms with Crippen molar-refractivity contribution in [3.63, 3.8) is 0 Å². The second-order valence-electron chi connectivity index (χ2n) is 1.99. The van der Waals surface area contributed by atoms with E-state index in [0.29, 0.717) is 0 Å². The SMILES string of the molecule is CC(=O)C(=O)O.N[C@@H](CS)C(=O)O. The summed E-state index contributed by atoms with van der Waals surface area (Å²) in [5, 5.41) is 15.6. The van der Waals surface area contributed by atoms with E-state index in [4.69, 9.17) is 15.9 Å². The molecule has 0 saturated carbocycles. The van der Waals surface area contributed by atoms with E-state index < -0.39 is 23.8 Å². The Hall–Kier alpha value is -1.08. The average molecular weight is 209 g/mol. The van der Waals surface area contributed by atoms with Gasteiger partial charge in [-0.3, -0.25) is 9.59 Å². The summed E-state index contributed by atoms with van der Waals surface area (Å²) in [6.07, 6.45) is 0. The predicted octanol–water partition coefficient (Wildman–Crippen LogP) is -1.01. The molecule has 13 heavy (non-hydrogen) atoms. The Bertz CT molecular complexity index is 193. The lowest BCUT2D eigenvalue weighted by Gasteiger charge is -1.96. The Morgan fingerprint density at radius 3 is 1.69 bits per heavy atom. The number of hydrogen-bond acceptors (Lipinski definition) is 5. The van der Waals surface area contributed by atoms with Crippen LogP contribution >= 0.6 is 12.6 Å². The molecule has 0 aliphatic heterocycles. The van der Waals surface area contributed by atoms with E-state index in [1.54, 1.807) is 0 Å². The highest BCUT2D eigenvalue weighted by molar-refractivity contribution is 7.80. The number of ketones is 1. The van der Waals surface area contributed by atoms with Crippen LogP contribution in [0.3, 0.4) is 0 Å². The van der Waals surface area contributed by atoms with E-state index in [0.717, 1.165) is 6.92 Å². The molecule has 7 heteroatoms. The van der Waals surface area contributed by atoms with Crippen LogP contribution < -0.4 is 5.73 Å². The van der Waals surface area contributed by atoms with Gasteiger partial charge in [0.15, 0.2) is 0 Å². The van der Waals surface area contributed by atoms with Crippen LogP contribution in [0.4, 0.5) is 0 Å². The third-order valence-corrected chi connectivity index (χ3v) is 1.21. The molecular formula is C6H11NO5S. The van der Waals surface area contributed by atoms with Gasteiger partial charge in [0.25, 0.3) is 0 Å². The number of hydrogen-bond donors (Lipinski definition) is 4. The van der Waals surface area contributed by atoms with E-state index in [1.807, 2.05) is 0 Å². The van der Waals surface area contributed by atoms with Gasteiger partial charge < -0.3 is 15.9 Å². The molecule has 0 unspecified atom stereocenters. The molecule has 0 bridgehead atoms. The number of carbonyl (C=O) groups is 3. The first-order valence-electron chi connectivity index (χ1n) is 3.16. The normalized spacial score (nSPS) is 10.7. The largest absolute Gasteiger partial charge is 0.480 e. The number of carboxylic acids is 2. The Labute approximate surface area is 80.1 Å². The molecule has 76 valence electrons. The fourth-order valence-electron chi connectivity index (χ4n) is 0.0781. The zero-order valence-electron chi connectivity index (χ0n) is 6.93. The predicted molar refractivity (Wildman–Crippen MR) is 47.8 cm³/mol. The molecule has 0 saturated heterocycles. The van der Waals surface area contributed by atoms with Crippen LogP contribution in [0, 0.1) is 0 Å². The second-order valence-corrected chi connectivity index (χ2v) is 2.35. The molecule has 6 nitrogen and oxygen atoms in total. The molecule has 4 N–H and O–H groups in total. The Balaban J connectivity index is 0. The van der Waals surface area contributed by atoms with Gasteiger partial charge in [-0.1, -0.05) is 0 Å². The molecule has 0 heterocycles. The van der Waals surface area contributed by atoms with Gasteiger partial charge in [0, 0.05) is 12.7 Å². The summed E-state index contributed by atoms with van der Waals surface area (Å²) in [4.78, 5) is 28.6. The van der Waals surface area contributed by atoms with Gasteiger partial charge in [-0.15, -0.1) is 0 Å². The third kappa shape index (κ3) is 10.9. The molecule has 0 aromatic carbocycles. The number of carbonyl (C=O) groups excluding carboxylic acids is 1. The van der Waals surface area contributed by atoms with E-state index in [9.17, 15) is 14.4 Å². The van der Waals surface area contributed by atoms with Gasteiger partial charge in [-0.25, -0.2) is 4.79 Å². The summed E-state index contributed by atoms with van der Waals surface area (Å²) < 4.78 is 0. The highest BCUT2D eigenvalue weighted by Gasteiger charge is 2.06. The monoisotopic (exact) mass is 209 g/mol. The van der Waals surface area contributed by atoms with Crippen LogP contribution in [0.15, 0.2) is 0 Å². The van der Waals surface area contributed by atoms with E-state index in [2.05, 4.69) is 12.6 Å². The summed E-state index contributed by atoms with van der Waals surface area (Å²) in [5.74, 6) is -3.02. The van der Waals surface area contributed by atoms with Crippen molar-refractivity contribution in [3.8, 4) is 0 Å². The summed E-state index contributed by atoms with van der Waals surface area (Å²) in [5.41, 5.74) is 4.94. The molecule has 0 radical (unpaired) electrons. The summed E-state index contributed by atoms with van der Waals surface area (Å²) in [7, 11) is 0. The van der Waals surface area contributed by atoms with Crippen LogP contribution in [0.5, 0.6) is 0 Å². The molecule has 0 amide bonds. The lowest BCUT2D eigenvalue weighted by molar-refractivity contribution is -0.148. The smallest absolute Gasteiger partial charge is 0.371 e. The highest BCUT2D eigenvalue weighted by atomic mass is 32.1. The van der Waals surface area contributed by atoms with E-state index in [1.165, 1.54) is 0 Å². The highest BCUT2D eigenvalue weighted by Crippen LogP contribution is 1.80. The van der Waals surface area contributed by atoms with Gasteiger partial charge in [-0.2, -0.15) is 12.6 Å². The van der Waals surface area contributed by atoms with Crippen molar-refractivity contribution in [2.24, 2.45) is 5.73 Å². The molecule has 0 aromatic heterocycles. The zero-order valence-corrected chi connectivity index (χ0v) is 7.82. The van der Waals surface area contributed by atoms with Gasteiger partial charge >= 0.3 is 11.9 Å². The molecule has 0 spiro atoms. The Morgan fingerprint density at radius 2 is 1.69 bits per heavy atom. The maximum atomic E-state index is 9.76. The van der Waals surface area contributed by atoms with E-state index >= 15 is 0 Å². The van der Waals surface area contributed by atoms with Gasteiger partial charge in [0.1, 0.15) is 6.04 Å². The van der Waals surface area contributed by atoms with Crippen LogP contribution in [0.1, 0.15) is 6.92 Å². The minimum atomic E-state index is -1.38. The zero-order chi connectivity index (χ0) is 11.0. The number of Topliss-reactive ketones (excluding diaryl/α,β-unsaturated/α-hetero) is 1. The number of nitrogens with two attached hydrogens (primary N) is 1. The van der Waals surface area contributed by atoms with Gasteiger partial charge in [0.05, 0.1) is 0 Å². The van der Waals surface area contributed by atoms with Crippen molar-refractivity contribution in [1.29, 1.82) is 0 Å². The molecule has 0 aliphatic rings. The standard InChI is InChI=1S/C3H7NO2S.C3H4O3/c4-2(1-7)3(5)6;1-2(4)3(5)6/h2,7H,1,4H2,(H,5,6);1H3,(H,5,6)/t2-;/m0./s1. The number of aliphatic carboxylic acids is 2. The van der Waals surface area contributed by atoms with Crippen LogP contribution in [-0.2, 0) is 14.4 Å². The Kier molecular flexibility index (Phi) is 8.40. The van der Waals surface area contributed by atoms with Crippen molar-refractivity contribution in [2.75, 3.05) is 5.75 Å². The van der Waals surface area contributed by atoms with Gasteiger partial charge in [-0.05, 0) is 0 Å². The number of carboxylic acid groups (broad SMARTS) is 2. The minimum absolute atomic E-state index is 0.190. The quantitative estimate of drug-likeness (QED) is 0.349. The van der Waals surface area contributed by atoms with Crippen molar-refractivity contribution in [2.45, 2.75) is 13.0 Å². The molecule has 1 atom stereocenters. The first-order chi connectivity index (χ1) is 5.82. The topological polar surface area (TPSA) is 118 Å². The van der Waals surface area contributed by atoms with Crippen LogP contribution in [-0.4, -0.2) is 39.7 Å². The third-order valence-electron chi connectivity index (χ3n) is 0.815. The molecule has 0 fully saturated rings. The van der Waals surface area contributed by atoms with Crippen molar-refractivity contribution < 1.29 is 24.6 Å². The molecule has 0 aromatic rings. The maximum absolute atomic E-state index is 9.76. The summed E-state index contributed by atoms with van der Waals surface area (Å²) in [6.45, 7) is 1.00. The minimum Gasteiger partial charge on any atom is -0.480 e. The number of thiol groups is 1. The molecule has 0 aliphatic carbocycles. The summed E-state index contributed by atoms with van der Waals surface area (Å²) >= 11 is 3.65. The fraction of sp³-hybridized carbons (Fsp3) is 0.500. The van der Waals surface area contributed by atoms with Crippen molar-refractivity contribution in [3.05, 3.63) is 0 Å². The van der Waals surface area contributed by atoms with Crippen molar-refractivity contribution in [1.82, 2.24) is 0 Å². The maximum Gasteiger partial charge on any atom is 0.371 e. The molecule has 0 rings (SSSR count). The first kappa shape index (κ1) is 14.4. The Morgan fingerprint density at radius 1 is 1.38 bits per heavy atom. The van der Waals surface area contributed by atoms with E-state index in [-0.39, 0.29) is 5.75 Å². The second kappa shape index (κ2) is 7.56. The fourth-order valence-corrected chi connectivity index (χ4v) is 0.234. The first-order valence-corrected chi connectivity index (χ1v) is 3.79. The lowest BCUT2D eigenvalue weighted by Crippen LogP contribution is -2.31. The van der Waals surface area contributed by atoms with Crippen LogP contribution in [0.2, 0.25) is 0 Å².